The maximum Gasteiger partial charge on any atom is 0.294 e. The number of rotatable bonds is 2. The van der Waals surface area contributed by atoms with Crippen LogP contribution in [0.1, 0.15) is 13.8 Å². The lowest BCUT2D eigenvalue weighted by Crippen LogP contribution is -2.49. The van der Waals surface area contributed by atoms with E-state index in [2.05, 4.69) is 10.4 Å². The molecule has 0 bridgehead atoms. The lowest BCUT2D eigenvalue weighted by atomic mass is 10.2. The summed E-state index contributed by atoms with van der Waals surface area (Å²) in [4.78, 5) is -0.166. The minimum absolute atomic E-state index is 0.0702. The first kappa shape index (κ1) is 13.9. The first-order valence-corrected chi connectivity index (χ1v) is 7.37. The van der Waals surface area contributed by atoms with Gasteiger partial charge < -0.3 is 5.32 Å². The average Bonchev–Trinajstić information content (AvgIpc) is 2.33. The van der Waals surface area contributed by atoms with E-state index in [9.17, 15) is 8.42 Å². The van der Waals surface area contributed by atoms with E-state index in [1.165, 1.54) is 29.3 Å². The molecule has 1 aromatic rings. The second kappa shape index (κ2) is 4.87. The fraction of sp³-hybridized carbons (Fsp3) is 0.273. The topological polar surface area (TPSA) is 82.0 Å². The van der Waals surface area contributed by atoms with Gasteiger partial charge in [0.25, 0.3) is 10.1 Å². The Balaban J connectivity index is 2.35. The molecule has 1 aromatic carbocycles. The fourth-order valence-electron chi connectivity index (χ4n) is 1.57. The van der Waals surface area contributed by atoms with E-state index in [-0.39, 0.29) is 10.9 Å². The van der Waals surface area contributed by atoms with Crippen molar-refractivity contribution < 1.29 is 13.0 Å². The van der Waals surface area contributed by atoms with Crippen LogP contribution in [0.4, 0.5) is 5.69 Å². The Bertz CT molecular complexity index is 638. The molecule has 1 unspecified atom stereocenters. The van der Waals surface area contributed by atoms with E-state index in [1.807, 2.05) is 13.8 Å². The monoisotopic (exact) mass is 299 g/mol. The number of hydrazone groups is 1. The Kier molecular flexibility index (Phi) is 3.57. The molecule has 1 heterocycles. The first-order chi connectivity index (χ1) is 8.79. The highest BCUT2D eigenvalue weighted by Crippen LogP contribution is 2.20. The summed E-state index contributed by atoms with van der Waals surface area (Å²) in [5.74, 6) is 0. The molecule has 0 fully saturated rings. The van der Waals surface area contributed by atoms with E-state index in [4.69, 9.17) is 16.8 Å². The Labute approximate surface area is 116 Å². The van der Waals surface area contributed by atoms with E-state index in [0.717, 1.165) is 5.71 Å². The maximum absolute atomic E-state index is 11.0. The number of benzene rings is 1. The summed E-state index contributed by atoms with van der Waals surface area (Å²) in [6, 6.07) is 5.74. The molecule has 0 amide bonds. The van der Waals surface area contributed by atoms with E-state index in [1.54, 1.807) is 0 Å². The predicted molar refractivity (Wildman–Crippen MR) is 77.0 cm³/mol. The van der Waals surface area contributed by atoms with E-state index in [0.29, 0.717) is 10.8 Å². The molecule has 2 N–H and O–H groups in total. The zero-order valence-corrected chi connectivity index (χ0v) is 12.0. The normalized spacial score (nSPS) is 19.9. The predicted octanol–water partition coefficient (Wildman–Crippen LogP) is 1.39. The zero-order chi connectivity index (χ0) is 14.2. The van der Waals surface area contributed by atoms with Crippen molar-refractivity contribution in [3.05, 3.63) is 24.3 Å². The van der Waals surface area contributed by atoms with Gasteiger partial charge in [-0.25, -0.2) is 5.01 Å². The molecule has 8 heteroatoms. The molecule has 1 aliphatic heterocycles. The summed E-state index contributed by atoms with van der Waals surface area (Å²) in [7, 11) is -4.19. The van der Waals surface area contributed by atoms with Crippen LogP contribution in [0.5, 0.6) is 0 Å². The molecule has 0 aliphatic carbocycles. The second-order valence-electron chi connectivity index (χ2n) is 4.19. The van der Waals surface area contributed by atoms with Gasteiger partial charge in [-0.05, 0) is 50.3 Å². The van der Waals surface area contributed by atoms with Gasteiger partial charge in [-0.15, -0.1) is 0 Å². The van der Waals surface area contributed by atoms with Crippen LogP contribution in [-0.2, 0) is 10.1 Å². The summed E-state index contributed by atoms with van der Waals surface area (Å²) in [6.45, 7) is 3.82. The third-order valence-electron chi connectivity index (χ3n) is 2.80. The molecule has 0 saturated heterocycles. The Hall–Kier alpha value is -1.51. The molecule has 2 rings (SSSR count). The molecule has 19 heavy (non-hydrogen) atoms. The van der Waals surface area contributed by atoms with Crippen molar-refractivity contribution in [2.24, 2.45) is 5.10 Å². The smallest absolute Gasteiger partial charge is 0.294 e. The highest BCUT2D eigenvalue weighted by Gasteiger charge is 2.21. The summed E-state index contributed by atoms with van der Waals surface area (Å²) in [5, 5.41) is 9.38. The van der Waals surface area contributed by atoms with Crippen LogP contribution in [0.25, 0.3) is 0 Å². The van der Waals surface area contributed by atoms with Crippen molar-refractivity contribution in [2.45, 2.75) is 24.8 Å². The summed E-state index contributed by atoms with van der Waals surface area (Å²) in [5.41, 5.74) is 1.49. The van der Waals surface area contributed by atoms with Gasteiger partial charge in [-0.2, -0.15) is 13.5 Å². The number of nitrogens with one attached hydrogen (secondary N) is 1. The van der Waals surface area contributed by atoms with Crippen LogP contribution in [0.3, 0.4) is 0 Å². The second-order valence-corrected chi connectivity index (χ2v) is 6.00. The molecular weight excluding hydrogens is 286 g/mol. The van der Waals surface area contributed by atoms with Gasteiger partial charge in [0.05, 0.1) is 22.3 Å². The quantitative estimate of drug-likeness (QED) is 0.634. The van der Waals surface area contributed by atoms with Gasteiger partial charge in [0.15, 0.2) is 5.11 Å². The number of nitrogens with zero attached hydrogens (tertiary/aromatic N) is 2. The molecule has 102 valence electrons. The van der Waals surface area contributed by atoms with Crippen molar-refractivity contribution in [3.8, 4) is 0 Å². The lowest BCUT2D eigenvalue weighted by molar-refractivity contribution is 0.483. The molecule has 0 saturated carbocycles. The van der Waals surface area contributed by atoms with Crippen LogP contribution in [-0.4, -0.2) is 29.8 Å². The molecule has 6 nitrogen and oxygen atoms in total. The van der Waals surface area contributed by atoms with Gasteiger partial charge >= 0.3 is 0 Å². The Morgan fingerprint density at radius 1 is 1.37 bits per heavy atom. The zero-order valence-electron chi connectivity index (χ0n) is 10.4. The van der Waals surface area contributed by atoms with Crippen LogP contribution >= 0.6 is 12.2 Å². The highest BCUT2D eigenvalue weighted by atomic mass is 32.2. The van der Waals surface area contributed by atoms with Crippen LogP contribution in [0.15, 0.2) is 34.3 Å². The van der Waals surface area contributed by atoms with Crippen molar-refractivity contribution in [2.75, 3.05) is 5.01 Å². The standard InChI is InChI=1S/C11H13N3O3S2/c1-7-8(2)13-14(11(18)12-7)9-3-5-10(6-4-9)19(15,16)17/h3-7H,1-2H3,(H,12,18)(H,15,16,17). The fourth-order valence-corrected chi connectivity index (χ4v) is 2.38. The van der Waals surface area contributed by atoms with Gasteiger partial charge in [-0.1, -0.05) is 0 Å². The Morgan fingerprint density at radius 3 is 2.47 bits per heavy atom. The first-order valence-electron chi connectivity index (χ1n) is 5.52. The number of hydrogen-bond donors (Lipinski definition) is 2. The van der Waals surface area contributed by atoms with Gasteiger partial charge in [0.1, 0.15) is 0 Å². The minimum atomic E-state index is -4.19. The molecular formula is C11H13N3O3S2. The van der Waals surface area contributed by atoms with Crippen molar-refractivity contribution in [1.82, 2.24) is 5.32 Å². The van der Waals surface area contributed by atoms with Crippen LogP contribution in [0, 0.1) is 0 Å². The molecule has 0 radical (unpaired) electrons. The van der Waals surface area contributed by atoms with Gasteiger partial charge in [0.2, 0.25) is 0 Å². The minimum Gasteiger partial charge on any atom is -0.353 e. The van der Waals surface area contributed by atoms with Crippen molar-refractivity contribution in [3.63, 3.8) is 0 Å². The number of anilines is 1. The highest BCUT2D eigenvalue weighted by molar-refractivity contribution is 7.85. The average molecular weight is 299 g/mol. The van der Waals surface area contributed by atoms with Gasteiger partial charge in [-0.3, -0.25) is 4.55 Å². The Morgan fingerprint density at radius 2 is 1.95 bits per heavy atom. The molecule has 0 spiro atoms. The van der Waals surface area contributed by atoms with Crippen LogP contribution in [0.2, 0.25) is 0 Å². The third kappa shape index (κ3) is 2.91. The van der Waals surface area contributed by atoms with Gasteiger partial charge in [0, 0.05) is 0 Å². The molecule has 0 aromatic heterocycles. The third-order valence-corrected chi connectivity index (χ3v) is 3.95. The van der Waals surface area contributed by atoms with Crippen molar-refractivity contribution in [1.29, 1.82) is 0 Å². The van der Waals surface area contributed by atoms with Crippen molar-refractivity contribution >= 4 is 38.8 Å². The summed E-state index contributed by atoms with van der Waals surface area (Å²) >= 11 is 5.19. The van der Waals surface area contributed by atoms with E-state index < -0.39 is 10.1 Å². The number of hydrogen-bond acceptors (Lipinski definition) is 4. The maximum atomic E-state index is 11.0. The molecule has 1 aliphatic rings. The summed E-state index contributed by atoms with van der Waals surface area (Å²) < 4.78 is 30.8. The summed E-state index contributed by atoms with van der Waals surface area (Å²) in [6.07, 6.45) is 0. The SMILES string of the molecule is CC1=NN(c2ccc(S(=O)(=O)O)cc2)C(=S)NC1C. The largest absolute Gasteiger partial charge is 0.353 e. The van der Waals surface area contributed by atoms with E-state index >= 15 is 0 Å². The molecule has 1 atom stereocenters. The number of thiocarbonyl (C=S) groups is 1. The lowest BCUT2D eigenvalue weighted by Gasteiger charge is -2.29. The van der Waals surface area contributed by atoms with Crippen LogP contribution < -0.4 is 10.3 Å².